The van der Waals surface area contributed by atoms with Gasteiger partial charge in [0.15, 0.2) is 5.58 Å². The van der Waals surface area contributed by atoms with Crippen molar-refractivity contribution in [1.82, 2.24) is 10.3 Å². The van der Waals surface area contributed by atoms with Gasteiger partial charge in [0.2, 0.25) is 5.96 Å². The van der Waals surface area contributed by atoms with E-state index < -0.39 is 13.6 Å². The van der Waals surface area contributed by atoms with E-state index in [1.54, 1.807) is 13.0 Å². The number of halogens is 1. The summed E-state index contributed by atoms with van der Waals surface area (Å²) in [4.78, 5) is 9.09. The smallest absolute Gasteiger partial charge is 0.361 e. The fourth-order valence-electron chi connectivity index (χ4n) is 3.30. The van der Waals surface area contributed by atoms with Crippen LogP contribution < -0.4 is 10.6 Å². The second-order valence-electron chi connectivity index (χ2n) is 6.51. The molecule has 0 radical (unpaired) electrons. The van der Waals surface area contributed by atoms with E-state index in [0.717, 1.165) is 5.52 Å². The number of benzene rings is 2. The van der Waals surface area contributed by atoms with E-state index in [1.165, 1.54) is 14.2 Å². The fraction of sp³-hybridized carbons (Fsp3) is 0.200. The van der Waals surface area contributed by atoms with Gasteiger partial charge in [-0.1, -0.05) is 41.9 Å². The first-order valence-electron chi connectivity index (χ1n) is 9.10. The van der Waals surface area contributed by atoms with Gasteiger partial charge in [-0.25, -0.2) is 4.99 Å². The molecule has 1 atom stereocenters. The zero-order chi connectivity index (χ0) is 21.3. The summed E-state index contributed by atoms with van der Waals surface area (Å²) in [6.45, 7) is 1.77. The summed E-state index contributed by atoms with van der Waals surface area (Å²) in [6.07, 6.45) is 0. The van der Waals surface area contributed by atoms with Gasteiger partial charge in [-0.05, 0) is 25.1 Å². The number of nitrogens with one attached hydrogen (secondary N) is 2. The number of hydrogen-bond acceptors (Lipinski definition) is 8. The largest absolute Gasteiger partial charge is 0.423 e. The van der Waals surface area contributed by atoms with Gasteiger partial charge in [0.25, 0.3) is 0 Å². The van der Waals surface area contributed by atoms with Crippen molar-refractivity contribution in [3.8, 4) is 0 Å². The molecule has 1 aliphatic rings. The molecular formula is C20H20ClN4O4P. The maximum atomic E-state index is 13.3. The number of guanidine groups is 1. The van der Waals surface area contributed by atoms with Crippen LogP contribution in [0.2, 0.25) is 5.02 Å². The summed E-state index contributed by atoms with van der Waals surface area (Å²) >= 11 is 6.43. The highest BCUT2D eigenvalue weighted by Crippen LogP contribution is 2.61. The summed E-state index contributed by atoms with van der Waals surface area (Å²) in [7, 11) is -0.927. The molecule has 0 spiro atoms. The molecule has 0 saturated carbocycles. The lowest BCUT2D eigenvalue weighted by Gasteiger charge is -2.30. The molecule has 10 heteroatoms. The van der Waals surface area contributed by atoms with Crippen LogP contribution in [0.25, 0.3) is 11.1 Å². The van der Waals surface area contributed by atoms with Crippen LogP contribution in [0.1, 0.15) is 18.5 Å². The Bertz CT molecular complexity index is 1170. The Hall–Kier alpha value is -2.64. The van der Waals surface area contributed by atoms with E-state index in [-0.39, 0.29) is 6.01 Å². The van der Waals surface area contributed by atoms with E-state index in [9.17, 15) is 4.57 Å². The van der Waals surface area contributed by atoms with Crippen LogP contribution in [0, 0.1) is 0 Å². The van der Waals surface area contributed by atoms with E-state index in [4.69, 9.17) is 30.1 Å². The van der Waals surface area contributed by atoms with Gasteiger partial charge < -0.3 is 18.8 Å². The second-order valence-corrected chi connectivity index (χ2v) is 9.13. The normalized spacial score (nSPS) is 17.1. The number of fused-ring (bicyclic) bond motifs is 1. The van der Waals surface area contributed by atoms with Crippen molar-refractivity contribution in [3.63, 3.8) is 0 Å². The average molecular weight is 447 g/mol. The molecule has 2 heterocycles. The van der Waals surface area contributed by atoms with Gasteiger partial charge >= 0.3 is 13.6 Å². The Morgan fingerprint density at radius 3 is 2.53 bits per heavy atom. The SMILES string of the molecule is COP(=O)(OC)C1=C(C)NC(Nc2nc3ccccc3o2)=NC1c1ccccc1Cl. The molecule has 0 amide bonds. The molecule has 1 unspecified atom stereocenters. The number of hydrogen-bond donors (Lipinski definition) is 2. The van der Waals surface area contributed by atoms with Crippen LogP contribution >= 0.6 is 19.2 Å². The highest BCUT2D eigenvalue weighted by molar-refractivity contribution is 7.58. The standard InChI is InChI=1S/C20H20ClN4O4P/c1-12-18(30(26,27-2)28-3)17(13-8-4-5-9-14(13)21)24-19(22-12)25-20-23-15-10-6-7-11-16(15)29-20/h4-11,17H,1-3H3,(H2,22,23,24,25). The maximum Gasteiger partial charge on any atom is 0.361 e. The molecule has 8 nitrogen and oxygen atoms in total. The van der Waals surface area contributed by atoms with E-state index in [2.05, 4.69) is 15.6 Å². The maximum absolute atomic E-state index is 13.3. The summed E-state index contributed by atoms with van der Waals surface area (Å²) in [5.41, 5.74) is 2.60. The third-order valence-electron chi connectivity index (χ3n) is 4.70. The predicted molar refractivity (Wildman–Crippen MR) is 117 cm³/mol. The third kappa shape index (κ3) is 3.75. The average Bonchev–Trinajstić information content (AvgIpc) is 3.15. The Morgan fingerprint density at radius 1 is 1.13 bits per heavy atom. The van der Waals surface area contributed by atoms with Crippen LogP contribution in [-0.4, -0.2) is 25.2 Å². The number of oxazole rings is 1. The minimum Gasteiger partial charge on any atom is -0.423 e. The number of aromatic nitrogens is 1. The molecular weight excluding hydrogens is 427 g/mol. The Labute approximate surface area is 178 Å². The van der Waals surface area contributed by atoms with Gasteiger partial charge in [-0.3, -0.25) is 9.88 Å². The van der Waals surface area contributed by atoms with E-state index in [0.29, 0.717) is 33.1 Å². The molecule has 2 N–H and O–H groups in total. The number of anilines is 1. The highest BCUT2D eigenvalue weighted by Gasteiger charge is 2.40. The first-order valence-corrected chi connectivity index (χ1v) is 11.0. The lowest BCUT2D eigenvalue weighted by atomic mass is 10.1. The molecule has 156 valence electrons. The number of rotatable bonds is 5. The van der Waals surface area contributed by atoms with Crippen LogP contribution in [0.15, 0.2) is 69.0 Å². The Morgan fingerprint density at radius 2 is 1.83 bits per heavy atom. The van der Waals surface area contributed by atoms with Gasteiger partial charge in [-0.2, -0.15) is 4.98 Å². The zero-order valence-corrected chi connectivity index (χ0v) is 18.2. The highest BCUT2D eigenvalue weighted by atomic mass is 35.5. The molecule has 1 aromatic heterocycles. The van der Waals surface area contributed by atoms with Crippen molar-refractivity contribution < 1.29 is 18.0 Å². The monoisotopic (exact) mass is 446 g/mol. The van der Waals surface area contributed by atoms with E-state index >= 15 is 0 Å². The lowest BCUT2D eigenvalue weighted by molar-refractivity contribution is 0.280. The molecule has 30 heavy (non-hydrogen) atoms. The van der Waals surface area contributed by atoms with Crippen molar-refractivity contribution in [2.45, 2.75) is 13.0 Å². The molecule has 0 saturated heterocycles. The quantitative estimate of drug-likeness (QED) is 0.512. The first-order chi connectivity index (χ1) is 14.4. The van der Waals surface area contributed by atoms with Gasteiger partial charge in [0.1, 0.15) is 11.6 Å². The lowest BCUT2D eigenvalue weighted by Crippen LogP contribution is -2.35. The van der Waals surface area contributed by atoms with Crippen molar-refractivity contribution in [2.75, 3.05) is 19.5 Å². The van der Waals surface area contributed by atoms with Crippen molar-refractivity contribution >= 4 is 42.3 Å². The topological polar surface area (TPSA) is 98.0 Å². The van der Waals surface area contributed by atoms with Gasteiger partial charge in [0, 0.05) is 30.5 Å². The Balaban J connectivity index is 1.77. The van der Waals surface area contributed by atoms with Crippen LogP contribution in [0.5, 0.6) is 0 Å². The summed E-state index contributed by atoms with van der Waals surface area (Å²) < 4.78 is 29.5. The first kappa shape index (κ1) is 20.6. The molecule has 3 aromatic rings. The summed E-state index contributed by atoms with van der Waals surface area (Å²) in [5, 5.41) is 7.00. The minimum absolute atomic E-state index is 0.276. The molecule has 4 rings (SSSR count). The van der Waals surface area contributed by atoms with E-state index in [1.807, 2.05) is 42.5 Å². The van der Waals surface area contributed by atoms with Crippen molar-refractivity contribution in [2.24, 2.45) is 4.99 Å². The fourth-order valence-corrected chi connectivity index (χ4v) is 5.04. The van der Waals surface area contributed by atoms with Gasteiger partial charge in [0.05, 0.1) is 5.31 Å². The van der Waals surface area contributed by atoms with Crippen LogP contribution in [-0.2, 0) is 13.6 Å². The van der Waals surface area contributed by atoms with Crippen molar-refractivity contribution in [1.29, 1.82) is 0 Å². The molecule has 0 fully saturated rings. The van der Waals surface area contributed by atoms with Crippen molar-refractivity contribution in [3.05, 3.63) is 70.1 Å². The molecule has 1 aliphatic heterocycles. The predicted octanol–water partition coefficient (Wildman–Crippen LogP) is 5.31. The molecule has 2 aromatic carbocycles. The summed E-state index contributed by atoms with van der Waals surface area (Å²) in [5.74, 6) is 0.367. The van der Waals surface area contributed by atoms with Crippen LogP contribution in [0.4, 0.5) is 6.01 Å². The zero-order valence-electron chi connectivity index (χ0n) is 16.5. The van der Waals surface area contributed by atoms with Crippen LogP contribution in [0.3, 0.4) is 0 Å². The summed E-state index contributed by atoms with van der Waals surface area (Å²) in [6, 6.07) is 14.2. The number of para-hydroxylation sites is 2. The minimum atomic E-state index is -3.60. The number of allylic oxidation sites excluding steroid dienone is 1. The third-order valence-corrected chi connectivity index (χ3v) is 7.18. The molecule has 0 aliphatic carbocycles. The number of nitrogens with zero attached hydrogens (tertiary/aromatic N) is 2. The Kier molecular flexibility index (Phi) is 5.66. The second kappa shape index (κ2) is 8.24. The van der Waals surface area contributed by atoms with Gasteiger partial charge in [-0.15, -0.1) is 0 Å². The molecule has 0 bridgehead atoms. The number of aliphatic imine (C=N–C) groups is 1.